The number of morpholine rings is 1. The summed E-state index contributed by atoms with van der Waals surface area (Å²) in [4.78, 5) is 21.8. The highest BCUT2D eigenvalue weighted by atomic mass is 35.5. The predicted octanol–water partition coefficient (Wildman–Crippen LogP) is 1.13. The average Bonchev–Trinajstić information content (AvgIpc) is 2.67. The van der Waals surface area contributed by atoms with Crippen LogP contribution in [0.2, 0.25) is 5.15 Å². The Morgan fingerprint density at radius 3 is 2.71 bits per heavy atom. The molecular formula is C11H12ClN3O2. The lowest BCUT2D eigenvalue weighted by Gasteiger charge is -2.31. The number of halogens is 1. The molecule has 17 heavy (non-hydrogen) atoms. The molecule has 3 rings (SSSR count). The Labute approximate surface area is 104 Å². The molecule has 0 aliphatic carbocycles. The predicted molar refractivity (Wildman–Crippen MR) is 60.8 cm³/mol. The number of hydrogen-bond acceptors (Lipinski definition) is 4. The maximum absolute atomic E-state index is 12.2. The summed E-state index contributed by atoms with van der Waals surface area (Å²) in [7, 11) is 0. The molecule has 0 spiro atoms. The molecule has 1 aromatic rings. The molecule has 0 N–H and O–H groups in total. The molecule has 2 aliphatic heterocycles. The van der Waals surface area contributed by atoms with Crippen molar-refractivity contribution < 1.29 is 9.53 Å². The van der Waals surface area contributed by atoms with Gasteiger partial charge >= 0.3 is 0 Å². The van der Waals surface area contributed by atoms with Crippen molar-refractivity contribution in [1.29, 1.82) is 0 Å². The van der Waals surface area contributed by atoms with Crippen LogP contribution in [0.4, 0.5) is 0 Å². The first-order chi connectivity index (χ1) is 8.22. The van der Waals surface area contributed by atoms with Crippen LogP contribution in [0.1, 0.15) is 23.3 Å². The van der Waals surface area contributed by atoms with E-state index < -0.39 is 0 Å². The van der Waals surface area contributed by atoms with E-state index in [1.807, 2.05) is 0 Å². The second kappa shape index (κ2) is 4.23. The summed E-state index contributed by atoms with van der Waals surface area (Å²) in [6.45, 7) is 1.28. The minimum Gasteiger partial charge on any atom is -0.371 e. The second-order valence-corrected chi connectivity index (χ2v) is 4.78. The maximum Gasteiger partial charge on any atom is 0.274 e. The fourth-order valence-electron chi connectivity index (χ4n) is 2.39. The van der Waals surface area contributed by atoms with Gasteiger partial charge < -0.3 is 9.64 Å². The smallest absolute Gasteiger partial charge is 0.274 e. The lowest BCUT2D eigenvalue weighted by molar-refractivity contribution is -0.0305. The molecule has 2 atom stereocenters. The van der Waals surface area contributed by atoms with E-state index in [9.17, 15) is 4.79 Å². The SMILES string of the molecule is O=C(c1cncc(Cl)n1)N1CC2CCC(C1)O2. The number of nitrogens with zero attached hydrogens (tertiary/aromatic N) is 3. The summed E-state index contributed by atoms with van der Waals surface area (Å²) >= 11 is 5.73. The van der Waals surface area contributed by atoms with Gasteiger partial charge in [-0.2, -0.15) is 0 Å². The summed E-state index contributed by atoms with van der Waals surface area (Å²) in [5.41, 5.74) is 0.304. The van der Waals surface area contributed by atoms with E-state index in [1.54, 1.807) is 4.90 Å². The number of rotatable bonds is 1. The summed E-state index contributed by atoms with van der Waals surface area (Å²) in [6.07, 6.45) is 5.31. The van der Waals surface area contributed by atoms with E-state index in [4.69, 9.17) is 16.3 Å². The highest BCUT2D eigenvalue weighted by molar-refractivity contribution is 6.29. The summed E-state index contributed by atoms with van der Waals surface area (Å²) in [5.74, 6) is -0.111. The van der Waals surface area contributed by atoms with Crippen LogP contribution in [0.5, 0.6) is 0 Å². The highest BCUT2D eigenvalue weighted by Gasteiger charge is 2.36. The van der Waals surface area contributed by atoms with Gasteiger partial charge in [-0.1, -0.05) is 11.6 Å². The van der Waals surface area contributed by atoms with Crippen molar-refractivity contribution in [2.75, 3.05) is 13.1 Å². The lowest BCUT2D eigenvalue weighted by Crippen LogP contribution is -2.46. The van der Waals surface area contributed by atoms with Gasteiger partial charge in [0, 0.05) is 13.1 Å². The highest BCUT2D eigenvalue weighted by Crippen LogP contribution is 2.26. The summed E-state index contributed by atoms with van der Waals surface area (Å²) in [5, 5.41) is 0.243. The number of amides is 1. The van der Waals surface area contributed by atoms with Crippen LogP contribution < -0.4 is 0 Å². The molecule has 3 heterocycles. The first-order valence-corrected chi connectivity index (χ1v) is 6.02. The van der Waals surface area contributed by atoms with Gasteiger partial charge in [-0.15, -0.1) is 0 Å². The monoisotopic (exact) mass is 253 g/mol. The van der Waals surface area contributed by atoms with E-state index >= 15 is 0 Å². The summed E-state index contributed by atoms with van der Waals surface area (Å²) < 4.78 is 5.68. The third-order valence-electron chi connectivity index (χ3n) is 3.16. The molecule has 90 valence electrons. The minimum absolute atomic E-state index is 0.111. The Balaban J connectivity index is 1.78. The molecule has 2 saturated heterocycles. The minimum atomic E-state index is -0.111. The second-order valence-electron chi connectivity index (χ2n) is 4.39. The van der Waals surface area contributed by atoms with Gasteiger partial charge in [0.15, 0.2) is 0 Å². The third kappa shape index (κ3) is 2.12. The van der Waals surface area contributed by atoms with E-state index in [-0.39, 0.29) is 23.3 Å². The van der Waals surface area contributed by atoms with Crippen molar-refractivity contribution in [2.45, 2.75) is 25.0 Å². The van der Waals surface area contributed by atoms with Crippen molar-refractivity contribution in [3.8, 4) is 0 Å². The van der Waals surface area contributed by atoms with Gasteiger partial charge in [-0.25, -0.2) is 4.98 Å². The standard InChI is InChI=1S/C11H12ClN3O2/c12-10-4-13-3-9(14-10)11(16)15-5-7-1-2-8(6-15)17-7/h3-4,7-8H,1-2,5-6H2. The fourth-order valence-corrected chi connectivity index (χ4v) is 2.54. The van der Waals surface area contributed by atoms with Gasteiger partial charge in [-0.05, 0) is 12.8 Å². The molecular weight excluding hydrogens is 242 g/mol. The van der Waals surface area contributed by atoms with E-state index in [0.29, 0.717) is 18.8 Å². The van der Waals surface area contributed by atoms with Crippen LogP contribution in [0.3, 0.4) is 0 Å². The van der Waals surface area contributed by atoms with Crippen LogP contribution in [0.25, 0.3) is 0 Å². The van der Waals surface area contributed by atoms with E-state index in [2.05, 4.69) is 9.97 Å². The molecule has 1 aromatic heterocycles. The molecule has 1 amide bonds. The van der Waals surface area contributed by atoms with E-state index in [0.717, 1.165) is 12.8 Å². The number of hydrogen-bond donors (Lipinski definition) is 0. The molecule has 6 heteroatoms. The number of likely N-dealkylation sites (tertiary alicyclic amines) is 1. The zero-order chi connectivity index (χ0) is 11.8. The van der Waals surface area contributed by atoms with Crippen molar-refractivity contribution >= 4 is 17.5 Å². The quantitative estimate of drug-likeness (QED) is 0.753. The van der Waals surface area contributed by atoms with Gasteiger partial charge in [0.25, 0.3) is 5.91 Å². The van der Waals surface area contributed by atoms with E-state index in [1.165, 1.54) is 12.4 Å². The normalized spacial score (nSPS) is 27.2. The van der Waals surface area contributed by atoms with Crippen LogP contribution in [-0.4, -0.2) is 46.1 Å². The number of carbonyl (C=O) groups excluding carboxylic acids is 1. The van der Waals surface area contributed by atoms with Crippen molar-refractivity contribution in [3.63, 3.8) is 0 Å². The maximum atomic E-state index is 12.2. The first-order valence-electron chi connectivity index (χ1n) is 5.64. The number of ether oxygens (including phenoxy) is 1. The lowest BCUT2D eigenvalue weighted by atomic mass is 10.2. The van der Waals surface area contributed by atoms with Crippen LogP contribution in [-0.2, 0) is 4.74 Å². The summed E-state index contributed by atoms with van der Waals surface area (Å²) in [6, 6.07) is 0. The van der Waals surface area contributed by atoms with Crippen LogP contribution >= 0.6 is 11.6 Å². The zero-order valence-electron chi connectivity index (χ0n) is 9.17. The van der Waals surface area contributed by atoms with Gasteiger partial charge in [0.1, 0.15) is 10.8 Å². The largest absolute Gasteiger partial charge is 0.371 e. The van der Waals surface area contributed by atoms with Gasteiger partial charge in [-0.3, -0.25) is 9.78 Å². The Morgan fingerprint density at radius 2 is 2.06 bits per heavy atom. The number of carbonyl (C=O) groups is 1. The van der Waals surface area contributed by atoms with Crippen LogP contribution in [0.15, 0.2) is 12.4 Å². The van der Waals surface area contributed by atoms with Gasteiger partial charge in [0.2, 0.25) is 0 Å². The molecule has 2 fully saturated rings. The first kappa shape index (κ1) is 10.9. The number of fused-ring (bicyclic) bond motifs is 2. The van der Waals surface area contributed by atoms with Crippen molar-refractivity contribution in [1.82, 2.24) is 14.9 Å². The molecule has 0 radical (unpaired) electrons. The Bertz CT molecular complexity index is 442. The molecule has 5 nitrogen and oxygen atoms in total. The zero-order valence-corrected chi connectivity index (χ0v) is 9.93. The van der Waals surface area contributed by atoms with Crippen molar-refractivity contribution in [3.05, 3.63) is 23.2 Å². The third-order valence-corrected chi connectivity index (χ3v) is 3.34. The molecule has 2 unspecified atom stereocenters. The molecule has 2 bridgehead atoms. The Kier molecular flexibility index (Phi) is 2.72. The average molecular weight is 254 g/mol. The molecule has 0 aromatic carbocycles. The Hall–Kier alpha value is -1.20. The fraction of sp³-hybridized carbons (Fsp3) is 0.545. The molecule has 2 aliphatic rings. The van der Waals surface area contributed by atoms with Crippen LogP contribution in [0, 0.1) is 0 Å². The van der Waals surface area contributed by atoms with Gasteiger partial charge in [0.05, 0.1) is 24.6 Å². The Morgan fingerprint density at radius 1 is 1.35 bits per heavy atom. The molecule has 0 saturated carbocycles. The van der Waals surface area contributed by atoms with Crippen molar-refractivity contribution in [2.24, 2.45) is 0 Å². The topological polar surface area (TPSA) is 55.3 Å². The number of aromatic nitrogens is 2.